The molecule has 0 spiro atoms. The van der Waals surface area contributed by atoms with E-state index in [-0.39, 0.29) is 22.6 Å². The van der Waals surface area contributed by atoms with Crippen LogP contribution in [-0.2, 0) is 9.59 Å². The maximum Gasteiger partial charge on any atom is 0.337 e. The molecule has 1 aromatic carbocycles. The van der Waals surface area contributed by atoms with Crippen molar-refractivity contribution in [3.8, 4) is 0 Å². The van der Waals surface area contributed by atoms with Gasteiger partial charge < -0.3 is 10.2 Å². The lowest BCUT2D eigenvalue weighted by molar-refractivity contribution is -0.382. The highest BCUT2D eigenvalue weighted by Crippen LogP contribution is 2.34. The molecule has 130 valence electrons. The van der Waals surface area contributed by atoms with Crippen LogP contribution < -0.4 is 10.2 Å². The Morgan fingerprint density at radius 2 is 2.24 bits per heavy atom. The van der Waals surface area contributed by atoms with Crippen molar-refractivity contribution in [2.24, 2.45) is 0 Å². The molecule has 1 saturated heterocycles. The predicted molar refractivity (Wildman–Crippen MR) is 98.4 cm³/mol. The number of carbonyl (C=O) groups excluding carboxylic acids is 2. The topological polar surface area (TPSA) is 92.5 Å². The number of hydrogen-bond acceptors (Lipinski definition) is 6. The number of amides is 2. The maximum atomic E-state index is 12.1. The van der Waals surface area contributed by atoms with E-state index >= 15 is 0 Å². The minimum absolute atomic E-state index is 0.0485. The summed E-state index contributed by atoms with van der Waals surface area (Å²) in [6, 6.07) is 8.77. The minimum atomic E-state index is -0.443. The molecule has 9 heteroatoms. The van der Waals surface area contributed by atoms with Crippen LogP contribution in [0.4, 0.5) is 16.4 Å². The molecule has 2 heterocycles. The van der Waals surface area contributed by atoms with E-state index in [0.717, 1.165) is 35.2 Å². The molecule has 25 heavy (non-hydrogen) atoms. The van der Waals surface area contributed by atoms with E-state index in [1.165, 1.54) is 0 Å². The average Bonchev–Trinajstić information content (AvgIpc) is 3.22. The number of thioether (sulfide) groups is 1. The number of anilines is 2. The second kappa shape index (κ2) is 7.66. The Balaban J connectivity index is 1.60. The standard InChI is InChI=1S/C16H15N3O4S2/c20-14(10-25-13-6-8-24-16(13)19(22)23)17-11-3-1-4-12(9-11)18-7-2-5-15(18)21/h1,3-4,6,8-9H,2,5,7,10H2,(H,17,20). The Labute approximate surface area is 152 Å². The number of nitro groups is 1. The normalized spacial score (nSPS) is 13.9. The van der Waals surface area contributed by atoms with Crippen molar-refractivity contribution >= 4 is 51.3 Å². The summed E-state index contributed by atoms with van der Waals surface area (Å²) in [6.45, 7) is 0.688. The van der Waals surface area contributed by atoms with E-state index < -0.39 is 4.92 Å². The number of carbonyl (C=O) groups is 2. The Morgan fingerprint density at radius 1 is 1.40 bits per heavy atom. The Hall–Kier alpha value is -2.39. The van der Waals surface area contributed by atoms with Crippen molar-refractivity contribution < 1.29 is 14.5 Å². The zero-order chi connectivity index (χ0) is 17.8. The predicted octanol–water partition coefficient (Wildman–Crippen LogP) is 3.51. The lowest BCUT2D eigenvalue weighted by atomic mass is 10.2. The molecule has 3 rings (SSSR count). The summed E-state index contributed by atoms with van der Waals surface area (Å²) in [5.74, 6) is -0.0936. The molecule has 0 atom stereocenters. The van der Waals surface area contributed by atoms with E-state index in [1.807, 2.05) is 6.07 Å². The highest BCUT2D eigenvalue weighted by Gasteiger charge is 2.22. The van der Waals surface area contributed by atoms with Crippen LogP contribution in [0.5, 0.6) is 0 Å². The second-order valence-corrected chi connectivity index (χ2v) is 7.29. The first-order chi connectivity index (χ1) is 12.0. The molecule has 1 aliphatic heterocycles. The van der Waals surface area contributed by atoms with Crippen LogP contribution >= 0.6 is 23.1 Å². The quantitative estimate of drug-likeness (QED) is 0.472. The van der Waals surface area contributed by atoms with Gasteiger partial charge in [0.1, 0.15) is 0 Å². The second-order valence-electron chi connectivity index (χ2n) is 5.38. The average molecular weight is 377 g/mol. The number of hydrogen-bond donors (Lipinski definition) is 1. The summed E-state index contributed by atoms with van der Waals surface area (Å²) in [7, 11) is 0. The summed E-state index contributed by atoms with van der Waals surface area (Å²) in [4.78, 5) is 36.5. The lowest BCUT2D eigenvalue weighted by Gasteiger charge is -2.16. The maximum absolute atomic E-state index is 12.1. The molecule has 2 amide bonds. The minimum Gasteiger partial charge on any atom is -0.325 e. The summed E-state index contributed by atoms with van der Waals surface area (Å²) in [5.41, 5.74) is 1.36. The molecule has 0 aliphatic carbocycles. The third-order valence-electron chi connectivity index (χ3n) is 3.65. The van der Waals surface area contributed by atoms with Gasteiger partial charge in [-0.15, -0.1) is 11.8 Å². The number of benzene rings is 1. The first kappa shape index (κ1) is 17.4. The van der Waals surface area contributed by atoms with Crippen LogP contribution in [0.1, 0.15) is 12.8 Å². The van der Waals surface area contributed by atoms with E-state index in [4.69, 9.17) is 0 Å². The van der Waals surface area contributed by atoms with Crippen molar-refractivity contribution in [1.82, 2.24) is 0 Å². The van der Waals surface area contributed by atoms with Crippen molar-refractivity contribution in [3.63, 3.8) is 0 Å². The summed E-state index contributed by atoms with van der Waals surface area (Å²) < 4.78 is 0. The first-order valence-electron chi connectivity index (χ1n) is 7.59. The molecule has 0 radical (unpaired) electrons. The SMILES string of the molecule is O=C(CSc1ccsc1[N+](=O)[O-])Nc1cccc(N2CCCC2=O)c1. The lowest BCUT2D eigenvalue weighted by Crippen LogP contribution is -2.23. The van der Waals surface area contributed by atoms with E-state index in [9.17, 15) is 19.7 Å². The van der Waals surface area contributed by atoms with Gasteiger partial charge in [0.05, 0.1) is 15.6 Å². The molecule has 1 N–H and O–H groups in total. The zero-order valence-corrected chi connectivity index (χ0v) is 14.8. The van der Waals surface area contributed by atoms with Gasteiger partial charge in [0.15, 0.2) is 0 Å². The van der Waals surface area contributed by atoms with Crippen molar-refractivity contribution in [3.05, 3.63) is 45.8 Å². The fourth-order valence-electron chi connectivity index (χ4n) is 2.55. The van der Waals surface area contributed by atoms with Crippen molar-refractivity contribution in [2.45, 2.75) is 17.7 Å². The first-order valence-corrected chi connectivity index (χ1v) is 9.46. The fourth-order valence-corrected chi connectivity index (χ4v) is 4.28. The van der Waals surface area contributed by atoms with Crippen LogP contribution in [-0.4, -0.2) is 29.0 Å². The molecule has 1 aromatic heterocycles. The van der Waals surface area contributed by atoms with Gasteiger partial charge in [-0.05, 0) is 36.1 Å². The molecular weight excluding hydrogens is 362 g/mol. The van der Waals surface area contributed by atoms with Crippen LogP contribution in [0.3, 0.4) is 0 Å². The Kier molecular flexibility index (Phi) is 5.34. The van der Waals surface area contributed by atoms with Gasteiger partial charge in [-0.3, -0.25) is 19.7 Å². The molecule has 0 saturated carbocycles. The molecule has 7 nitrogen and oxygen atoms in total. The van der Waals surface area contributed by atoms with Gasteiger partial charge in [-0.25, -0.2) is 0 Å². The van der Waals surface area contributed by atoms with Gasteiger partial charge in [-0.2, -0.15) is 0 Å². The van der Waals surface area contributed by atoms with Gasteiger partial charge in [0.2, 0.25) is 11.8 Å². The third-order valence-corrected chi connectivity index (χ3v) is 5.69. The summed E-state index contributed by atoms with van der Waals surface area (Å²) in [5, 5.41) is 15.3. The van der Waals surface area contributed by atoms with Crippen LogP contribution in [0.2, 0.25) is 0 Å². The van der Waals surface area contributed by atoms with Crippen molar-refractivity contribution in [2.75, 3.05) is 22.5 Å². The highest BCUT2D eigenvalue weighted by atomic mass is 32.2. The summed E-state index contributed by atoms with van der Waals surface area (Å²) in [6.07, 6.45) is 1.39. The number of thiophene rings is 1. The number of rotatable bonds is 6. The van der Waals surface area contributed by atoms with Gasteiger partial charge in [0.25, 0.3) is 0 Å². The van der Waals surface area contributed by atoms with E-state index in [0.29, 0.717) is 23.5 Å². The number of nitrogens with zero attached hydrogens (tertiary/aromatic N) is 2. The monoisotopic (exact) mass is 377 g/mol. The number of nitrogens with one attached hydrogen (secondary N) is 1. The van der Waals surface area contributed by atoms with Crippen LogP contribution in [0.15, 0.2) is 40.6 Å². The Bertz CT molecular complexity index is 821. The van der Waals surface area contributed by atoms with Crippen molar-refractivity contribution in [1.29, 1.82) is 0 Å². The molecule has 0 bridgehead atoms. The largest absolute Gasteiger partial charge is 0.337 e. The fraction of sp³-hybridized carbons (Fsp3) is 0.250. The van der Waals surface area contributed by atoms with Crippen LogP contribution in [0.25, 0.3) is 0 Å². The van der Waals surface area contributed by atoms with Gasteiger partial charge in [0, 0.05) is 24.3 Å². The van der Waals surface area contributed by atoms with E-state index in [1.54, 1.807) is 34.5 Å². The Morgan fingerprint density at radius 3 is 2.96 bits per heavy atom. The smallest absolute Gasteiger partial charge is 0.325 e. The molecule has 1 fully saturated rings. The van der Waals surface area contributed by atoms with Crippen LogP contribution in [0, 0.1) is 10.1 Å². The van der Waals surface area contributed by atoms with E-state index in [2.05, 4.69) is 5.32 Å². The molecule has 2 aromatic rings. The summed E-state index contributed by atoms with van der Waals surface area (Å²) >= 11 is 2.17. The highest BCUT2D eigenvalue weighted by molar-refractivity contribution is 8.00. The molecule has 1 aliphatic rings. The van der Waals surface area contributed by atoms with Gasteiger partial charge in [-0.1, -0.05) is 17.4 Å². The zero-order valence-electron chi connectivity index (χ0n) is 13.1. The third kappa shape index (κ3) is 4.18. The van der Waals surface area contributed by atoms with Gasteiger partial charge >= 0.3 is 5.00 Å². The molecule has 0 unspecified atom stereocenters. The molecular formula is C16H15N3O4S2.